The summed E-state index contributed by atoms with van der Waals surface area (Å²) in [7, 11) is 0. The van der Waals surface area contributed by atoms with Crippen LogP contribution in [0.1, 0.15) is 20.8 Å². The second-order valence-corrected chi connectivity index (χ2v) is 8.60. The highest BCUT2D eigenvalue weighted by Gasteiger charge is 2.13. The first-order valence-corrected chi connectivity index (χ1v) is 11.5. The van der Waals surface area contributed by atoms with Crippen molar-refractivity contribution in [1.82, 2.24) is 9.97 Å². The lowest BCUT2D eigenvalue weighted by Gasteiger charge is -2.09. The molecule has 4 aromatic rings. The largest absolute Gasteiger partial charge is 0.478 e. The number of nitrogens with one attached hydrogen (secondary N) is 1. The number of rotatable bonds is 7. The van der Waals surface area contributed by atoms with Crippen molar-refractivity contribution >= 4 is 45.0 Å². The maximum Gasteiger partial charge on any atom is 0.336 e. The van der Waals surface area contributed by atoms with E-state index in [0.717, 1.165) is 26.1 Å². The number of hydrogen-bond acceptors (Lipinski definition) is 7. The summed E-state index contributed by atoms with van der Waals surface area (Å²) in [5, 5.41) is 23.2. The van der Waals surface area contributed by atoms with Gasteiger partial charge in [0.25, 0.3) is 0 Å². The van der Waals surface area contributed by atoms with Gasteiger partial charge >= 0.3 is 5.97 Å². The number of benzene rings is 2. The molecule has 0 saturated carbocycles. The number of nitrogens with zero attached hydrogens (tertiary/aromatic N) is 3. The van der Waals surface area contributed by atoms with Crippen molar-refractivity contribution in [3.63, 3.8) is 0 Å². The molecule has 0 bridgehead atoms. The van der Waals surface area contributed by atoms with Gasteiger partial charge in [0.1, 0.15) is 23.1 Å². The van der Waals surface area contributed by atoms with Crippen LogP contribution in [0.15, 0.2) is 59.8 Å². The lowest BCUT2D eigenvalue weighted by atomic mass is 10.1. The van der Waals surface area contributed by atoms with E-state index in [1.807, 2.05) is 36.6 Å². The maximum absolute atomic E-state index is 11.4. The van der Waals surface area contributed by atoms with Gasteiger partial charge in [-0.05, 0) is 41.8 Å². The zero-order valence-corrected chi connectivity index (χ0v) is 18.3. The molecule has 6 nitrogen and oxygen atoms in total. The molecule has 8 heteroatoms. The smallest absolute Gasteiger partial charge is 0.336 e. The van der Waals surface area contributed by atoms with Gasteiger partial charge in [-0.2, -0.15) is 5.26 Å². The van der Waals surface area contributed by atoms with Crippen LogP contribution in [0.2, 0.25) is 0 Å². The molecule has 0 fully saturated rings. The second kappa shape index (κ2) is 9.16. The normalized spacial score (nSPS) is 10.7. The van der Waals surface area contributed by atoms with Crippen molar-refractivity contribution in [3.8, 4) is 17.3 Å². The predicted molar refractivity (Wildman–Crippen MR) is 125 cm³/mol. The first-order chi connectivity index (χ1) is 15.1. The second-order valence-electron chi connectivity index (χ2n) is 6.70. The lowest BCUT2D eigenvalue weighted by molar-refractivity contribution is 0.0693. The molecule has 31 heavy (non-hydrogen) atoms. The molecular formula is C23H18N4O2S2. The minimum atomic E-state index is -0.946. The summed E-state index contributed by atoms with van der Waals surface area (Å²) in [5.74, 6) is -0.269. The van der Waals surface area contributed by atoms with Crippen molar-refractivity contribution < 1.29 is 9.90 Å². The Morgan fingerprint density at radius 3 is 2.84 bits per heavy atom. The van der Waals surface area contributed by atoms with Crippen LogP contribution in [0.25, 0.3) is 21.3 Å². The molecule has 0 spiro atoms. The Morgan fingerprint density at radius 2 is 2.06 bits per heavy atom. The highest BCUT2D eigenvalue weighted by Crippen LogP contribution is 2.31. The van der Waals surface area contributed by atoms with E-state index in [0.29, 0.717) is 29.4 Å². The van der Waals surface area contributed by atoms with Crippen LogP contribution in [0.5, 0.6) is 0 Å². The van der Waals surface area contributed by atoms with Crippen molar-refractivity contribution in [3.05, 3.63) is 70.9 Å². The number of anilines is 1. The molecule has 0 aliphatic rings. The number of aromatic carboxylic acids is 1. The van der Waals surface area contributed by atoms with E-state index in [-0.39, 0.29) is 5.56 Å². The minimum Gasteiger partial charge on any atom is -0.478 e. The molecule has 0 saturated heterocycles. The van der Waals surface area contributed by atoms with E-state index in [1.54, 1.807) is 12.1 Å². The summed E-state index contributed by atoms with van der Waals surface area (Å²) in [6, 6.07) is 17.4. The first-order valence-electron chi connectivity index (χ1n) is 9.49. The third-order valence-electron chi connectivity index (χ3n) is 4.88. The number of aromatic nitrogens is 2. The average molecular weight is 447 g/mol. The summed E-state index contributed by atoms with van der Waals surface area (Å²) in [6.07, 6.45) is 4.04. The summed E-state index contributed by atoms with van der Waals surface area (Å²) < 4.78 is 1.12. The quantitative estimate of drug-likeness (QED) is 0.371. The van der Waals surface area contributed by atoms with E-state index in [4.69, 9.17) is 0 Å². The van der Waals surface area contributed by atoms with Crippen molar-refractivity contribution in [2.24, 2.45) is 0 Å². The van der Waals surface area contributed by atoms with Crippen molar-refractivity contribution in [1.29, 1.82) is 5.26 Å². The number of carboxylic acid groups (broad SMARTS) is 1. The average Bonchev–Trinajstić information content (AvgIpc) is 3.16. The third kappa shape index (κ3) is 4.38. The van der Waals surface area contributed by atoms with E-state index in [9.17, 15) is 15.2 Å². The van der Waals surface area contributed by atoms with E-state index in [2.05, 4.69) is 27.4 Å². The number of hydrogen-bond donors (Lipinski definition) is 2. The molecule has 0 radical (unpaired) electrons. The van der Waals surface area contributed by atoms with Crippen LogP contribution >= 0.6 is 23.1 Å². The van der Waals surface area contributed by atoms with Crippen molar-refractivity contribution in [2.45, 2.75) is 11.3 Å². The number of nitriles is 1. The molecule has 0 aliphatic heterocycles. The van der Waals surface area contributed by atoms with Crippen LogP contribution in [0.3, 0.4) is 0 Å². The number of fused-ring (bicyclic) bond motifs is 1. The fourth-order valence-corrected chi connectivity index (χ4v) is 5.06. The van der Waals surface area contributed by atoms with E-state index in [1.165, 1.54) is 29.4 Å². The number of thioether (sulfide) groups is 1. The van der Waals surface area contributed by atoms with Gasteiger partial charge in [0.05, 0.1) is 11.3 Å². The number of carbonyl (C=O) groups is 1. The topological polar surface area (TPSA) is 98.9 Å². The van der Waals surface area contributed by atoms with Gasteiger partial charge in [-0.1, -0.05) is 24.3 Å². The number of carboxylic acids is 1. The summed E-state index contributed by atoms with van der Waals surface area (Å²) >= 11 is 2.91. The fraction of sp³-hybridized carbons (Fsp3) is 0.130. The first kappa shape index (κ1) is 20.8. The molecular weight excluding hydrogens is 428 g/mol. The minimum absolute atomic E-state index is 0.278. The molecule has 4 rings (SSSR count). The standard InChI is InChI=1S/C23H18N4O2S2/c1-30-20-10-14(6-7-17(20)23(28)29)18-11-22(27-13-26-18)25-9-8-16-15-4-2-3-5-19(15)31-21(16)12-24/h2-7,10-11,13H,8-9H2,1H3,(H,28,29)(H,25,26,27). The molecule has 2 aromatic carbocycles. The van der Waals surface area contributed by atoms with Crippen LogP contribution in [-0.2, 0) is 6.42 Å². The maximum atomic E-state index is 11.4. The molecule has 0 unspecified atom stereocenters. The van der Waals surface area contributed by atoms with Crippen LogP contribution < -0.4 is 5.32 Å². The van der Waals surface area contributed by atoms with E-state index >= 15 is 0 Å². The van der Waals surface area contributed by atoms with Crippen LogP contribution in [-0.4, -0.2) is 33.8 Å². The predicted octanol–water partition coefficient (Wildman–Crippen LogP) is 5.30. The molecule has 2 N–H and O–H groups in total. The molecule has 2 aromatic heterocycles. The summed E-state index contributed by atoms with van der Waals surface area (Å²) in [4.78, 5) is 21.4. The van der Waals surface area contributed by atoms with Gasteiger partial charge in [0, 0.05) is 27.8 Å². The Kier molecular flexibility index (Phi) is 6.16. The van der Waals surface area contributed by atoms with Gasteiger partial charge < -0.3 is 10.4 Å². The lowest BCUT2D eigenvalue weighted by Crippen LogP contribution is -2.07. The Morgan fingerprint density at radius 1 is 1.23 bits per heavy atom. The highest BCUT2D eigenvalue weighted by molar-refractivity contribution is 7.98. The van der Waals surface area contributed by atoms with Crippen LogP contribution in [0.4, 0.5) is 5.82 Å². The zero-order valence-electron chi connectivity index (χ0n) is 16.6. The number of thiophene rings is 1. The molecule has 0 amide bonds. The Hall–Kier alpha value is -3.41. The molecule has 0 atom stereocenters. The van der Waals surface area contributed by atoms with Crippen molar-refractivity contribution in [2.75, 3.05) is 18.1 Å². The van der Waals surface area contributed by atoms with Gasteiger partial charge in [-0.3, -0.25) is 0 Å². The SMILES string of the molecule is CSc1cc(-c2cc(NCCc3c(C#N)sc4ccccc34)ncn2)ccc1C(=O)O. The zero-order chi connectivity index (χ0) is 21.8. The van der Waals surface area contributed by atoms with Crippen LogP contribution in [0, 0.1) is 11.3 Å². The fourth-order valence-electron chi connectivity index (χ4n) is 3.39. The Bertz CT molecular complexity index is 1310. The monoisotopic (exact) mass is 446 g/mol. The molecule has 0 aliphatic carbocycles. The Labute approximate surface area is 187 Å². The molecule has 2 heterocycles. The molecule has 154 valence electrons. The summed E-state index contributed by atoms with van der Waals surface area (Å²) in [6.45, 7) is 0.625. The van der Waals surface area contributed by atoms with Gasteiger partial charge in [0.2, 0.25) is 0 Å². The Balaban J connectivity index is 1.52. The highest BCUT2D eigenvalue weighted by atomic mass is 32.2. The van der Waals surface area contributed by atoms with Gasteiger partial charge in [-0.15, -0.1) is 23.1 Å². The third-order valence-corrected chi connectivity index (χ3v) is 6.77. The van der Waals surface area contributed by atoms with E-state index < -0.39 is 5.97 Å². The van der Waals surface area contributed by atoms with Gasteiger partial charge in [0.15, 0.2) is 0 Å². The van der Waals surface area contributed by atoms with Gasteiger partial charge in [-0.25, -0.2) is 14.8 Å². The summed E-state index contributed by atoms with van der Waals surface area (Å²) in [5.41, 5.74) is 2.87.